The maximum atomic E-state index is 12.9. The fourth-order valence-corrected chi connectivity index (χ4v) is 4.89. The molecule has 6 rings (SSSR count). The molecule has 0 spiro atoms. The molecule has 4 saturated heterocycles. The third kappa shape index (κ3) is 3.08. The molecule has 0 radical (unpaired) electrons. The normalized spacial score (nSPS) is 30.2. The number of benzene rings is 1. The van der Waals surface area contributed by atoms with Crippen molar-refractivity contribution in [3.8, 4) is 0 Å². The summed E-state index contributed by atoms with van der Waals surface area (Å²) >= 11 is 0. The lowest BCUT2D eigenvalue weighted by Crippen LogP contribution is -2.57. The Morgan fingerprint density at radius 2 is 2.07 bits per heavy atom. The Morgan fingerprint density at radius 3 is 2.78 bits per heavy atom. The average molecular weight is 369 g/mol. The molecule has 0 saturated carbocycles. The van der Waals surface area contributed by atoms with Gasteiger partial charge in [-0.3, -0.25) is 9.89 Å². The smallest absolute Gasteiger partial charge is 0.272 e. The summed E-state index contributed by atoms with van der Waals surface area (Å²) in [6.45, 7) is 5.17. The van der Waals surface area contributed by atoms with Gasteiger partial charge in [0.05, 0.1) is 11.6 Å². The summed E-state index contributed by atoms with van der Waals surface area (Å²) in [5.41, 5.74) is 2.53. The summed E-state index contributed by atoms with van der Waals surface area (Å²) < 4.78 is 5.48. The van der Waals surface area contributed by atoms with E-state index in [0.717, 1.165) is 42.6 Å². The van der Waals surface area contributed by atoms with Crippen molar-refractivity contribution < 1.29 is 9.53 Å². The highest BCUT2D eigenvalue weighted by molar-refractivity contribution is 6.05. The van der Waals surface area contributed by atoms with Gasteiger partial charge in [0.25, 0.3) is 5.91 Å². The number of ether oxygens (including phenoxy) is 1. The number of hydrogen-bond donors (Lipinski definition) is 2. The molecule has 7 heteroatoms. The second-order valence-corrected chi connectivity index (χ2v) is 8.11. The third-order valence-electron chi connectivity index (χ3n) is 6.58. The minimum Gasteiger partial charge on any atom is -0.380 e. The zero-order valence-electron chi connectivity index (χ0n) is 15.8. The number of nitrogens with zero attached hydrogens (tertiary/aromatic N) is 3. The van der Waals surface area contributed by atoms with Gasteiger partial charge in [-0.2, -0.15) is 5.10 Å². The number of methoxy groups -OCH3 is 1. The summed E-state index contributed by atoms with van der Waals surface area (Å²) in [6, 6.07) is 6.44. The molecule has 7 nitrogen and oxygen atoms in total. The number of amides is 1. The van der Waals surface area contributed by atoms with Gasteiger partial charge in [-0.25, -0.2) is 0 Å². The molecular formula is C20H27N5O2. The van der Waals surface area contributed by atoms with E-state index in [1.54, 1.807) is 7.11 Å². The van der Waals surface area contributed by atoms with Crippen LogP contribution in [0.4, 0.5) is 5.69 Å². The summed E-state index contributed by atoms with van der Waals surface area (Å²) in [4.78, 5) is 17.7. The molecule has 4 aliphatic heterocycles. The van der Waals surface area contributed by atoms with Crippen LogP contribution in [0.25, 0.3) is 10.9 Å². The number of aromatic nitrogens is 2. The number of piperidine rings is 3. The van der Waals surface area contributed by atoms with E-state index in [4.69, 9.17) is 4.74 Å². The van der Waals surface area contributed by atoms with Crippen LogP contribution in [-0.4, -0.2) is 73.0 Å². The predicted octanol–water partition coefficient (Wildman–Crippen LogP) is 1.61. The lowest BCUT2D eigenvalue weighted by Gasteiger charge is -2.44. The molecule has 2 atom stereocenters. The number of carbonyl (C=O) groups excluding carboxylic acids is 1. The maximum Gasteiger partial charge on any atom is 0.272 e. The molecule has 1 aromatic carbocycles. The maximum absolute atomic E-state index is 12.9. The number of aromatic amines is 1. The highest BCUT2D eigenvalue weighted by Gasteiger charge is 2.35. The number of hydrogen-bond acceptors (Lipinski definition) is 5. The van der Waals surface area contributed by atoms with E-state index in [-0.39, 0.29) is 18.1 Å². The Morgan fingerprint density at radius 1 is 1.22 bits per heavy atom. The number of H-pyrrole nitrogens is 1. The van der Waals surface area contributed by atoms with Crippen molar-refractivity contribution >= 4 is 22.5 Å². The zero-order chi connectivity index (χ0) is 18.4. The minimum atomic E-state index is -0.0617. The van der Waals surface area contributed by atoms with Crippen LogP contribution in [0.2, 0.25) is 0 Å². The van der Waals surface area contributed by atoms with Gasteiger partial charge in [0.2, 0.25) is 0 Å². The zero-order valence-corrected chi connectivity index (χ0v) is 15.8. The van der Waals surface area contributed by atoms with Crippen molar-refractivity contribution in [2.24, 2.45) is 5.92 Å². The Labute approximate surface area is 159 Å². The highest BCUT2D eigenvalue weighted by atomic mass is 16.5. The fraction of sp³-hybridized carbons (Fsp3) is 0.600. The van der Waals surface area contributed by atoms with Crippen LogP contribution >= 0.6 is 0 Å². The molecular weight excluding hydrogens is 342 g/mol. The number of anilines is 1. The van der Waals surface area contributed by atoms with Crippen molar-refractivity contribution in [3.05, 3.63) is 23.9 Å². The van der Waals surface area contributed by atoms with Gasteiger partial charge in [0.15, 0.2) is 5.69 Å². The van der Waals surface area contributed by atoms with Crippen LogP contribution < -0.4 is 10.2 Å². The molecule has 1 aromatic heterocycles. The lowest BCUT2D eigenvalue weighted by molar-refractivity contribution is 0.0618. The van der Waals surface area contributed by atoms with Crippen molar-refractivity contribution in [1.82, 2.24) is 20.4 Å². The van der Waals surface area contributed by atoms with Crippen LogP contribution in [0.3, 0.4) is 0 Å². The molecule has 1 unspecified atom stereocenters. The molecule has 2 aromatic rings. The minimum absolute atomic E-state index is 0.0617. The first-order valence-electron chi connectivity index (χ1n) is 10.0. The first-order chi connectivity index (χ1) is 13.2. The van der Waals surface area contributed by atoms with Gasteiger partial charge in [-0.15, -0.1) is 0 Å². The molecule has 144 valence electrons. The topological polar surface area (TPSA) is 73.5 Å². The predicted molar refractivity (Wildman–Crippen MR) is 104 cm³/mol. The molecule has 1 amide bonds. The van der Waals surface area contributed by atoms with Crippen LogP contribution in [0.5, 0.6) is 0 Å². The van der Waals surface area contributed by atoms with Crippen LogP contribution in [0, 0.1) is 5.92 Å². The largest absolute Gasteiger partial charge is 0.380 e. The molecule has 0 aliphatic carbocycles. The Bertz CT molecular complexity index is 842. The molecule has 4 fully saturated rings. The molecule has 4 aliphatic rings. The van der Waals surface area contributed by atoms with Crippen LogP contribution in [0.15, 0.2) is 18.2 Å². The Balaban J connectivity index is 1.37. The summed E-state index contributed by atoms with van der Waals surface area (Å²) in [6.07, 6.45) is 3.69. The fourth-order valence-electron chi connectivity index (χ4n) is 4.89. The van der Waals surface area contributed by atoms with Gasteiger partial charge in [-0.05, 0) is 56.5 Å². The van der Waals surface area contributed by atoms with E-state index < -0.39 is 0 Å². The van der Waals surface area contributed by atoms with E-state index in [0.29, 0.717) is 11.6 Å². The summed E-state index contributed by atoms with van der Waals surface area (Å²) in [5.74, 6) is 0.545. The van der Waals surface area contributed by atoms with Crippen LogP contribution in [-0.2, 0) is 4.74 Å². The first-order valence-corrected chi connectivity index (χ1v) is 10.0. The highest BCUT2D eigenvalue weighted by Crippen LogP contribution is 2.29. The van der Waals surface area contributed by atoms with E-state index in [2.05, 4.69) is 37.4 Å². The SMILES string of the molecule is COC1CCN(c2ccc3[nH]nc(C(=O)N[C@@H]4CN5CCC4CC5)c3c2)C1. The molecule has 5 heterocycles. The Kier molecular flexibility index (Phi) is 4.28. The Hall–Kier alpha value is -2.12. The van der Waals surface area contributed by atoms with Crippen LogP contribution in [0.1, 0.15) is 29.8 Å². The number of rotatable bonds is 4. The summed E-state index contributed by atoms with van der Waals surface area (Å²) in [7, 11) is 1.77. The number of nitrogens with one attached hydrogen (secondary N) is 2. The molecule has 2 N–H and O–H groups in total. The molecule has 2 bridgehead atoms. The van der Waals surface area contributed by atoms with E-state index in [1.807, 2.05) is 6.07 Å². The van der Waals surface area contributed by atoms with Crippen molar-refractivity contribution in [2.75, 3.05) is 44.7 Å². The average Bonchev–Trinajstić information content (AvgIpc) is 3.35. The monoisotopic (exact) mass is 369 g/mol. The first kappa shape index (κ1) is 17.0. The van der Waals surface area contributed by atoms with Crippen molar-refractivity contribution in [2.45, 2.75) is 31.4 Å². The third-order valence-corrected chi connectivity index (χ3v) is 6.58. The van der Waals surface area contributed by atoms with Gasteiger partial charge >= 0.3 is 0 Å². The van der Waals surface area contributed by atoms with Gasteiger partial charge < -0.3 is 19.9 Å². The second kappa shape index (κ2) is 6.80. The molecule has 27 heavy (non-hydrogen) atoms. The van der Waals surface area contributed by atoms with Gasteiger partial charge in [0, 0.05) is 43.9 Å². The van der Waals surface area contributed by atoms with Gasteiger partial charge in [-0.1, -0.05) is 0 Å². The van der Waals surface area contributed by atoms with Crippen molar-refractivity contribution in [1.29, 1.82) is 0 Å². The quantitative estimate of drug-likeness (QED) is 0.857. The van der Waals surface area contributed by atoms with Gasteiger partial charge in [0.1, 0.15) is 0 Å². The second-order valence-electron chi connectivity index (χ2n) is 8.11. The number of fused-ring (bicyclic) bond motifs is 4. The standard InChI is InChI=1S/C20H27N5O2/c1-27-15-6-9-25(11-15)14-2-3-17-16(10-14)19(23-22-17)20(26)21-18-12-24-7-4-13(18)5-8-24/h2-3,10,13,15,18H,4-9,11-12H2,1H3,(H,21,26)(H,22,23)/t15?,18-/m1/s1. The number of carbonyl (C=O) groups is 1. The van der Waals surface area contributed by atoms with E-state index in [9.17, 15) is 4.79 Å². The van der Waals surface area contributed by atoms with E-state index >= 15 is 0 Å². The van der Waals surface area contributed by atoms with Crippen molar-refractivity contribution in [3.63, 3.8) is 0 Å². The lowest BCUT2D eigenvalue weighted by atomic mass is 9.84. The van der Waals surface area contributed by atoms with E-state index in [1.165, 1.54) is 25.9 Å². The summed E-state index contributed by atoms with van der Waals surface area (Å²) in [5, 5.41) is 11.5.